The monoisotopic (exact) mass is 326 g/mol. The summed E-state index contributed by atoms with van der Waals surface area (Å²) in [5.74, 6) is 0. The van der Waals surface area contributed by atoms with Crippen molar-refractivity contribution in [2.24, 2.45) is 0 Å². The molecule has 46 valence electrons. The van der Waals surface area contributed by atoms with Gasteiger partial charge in [-0.2, -0.15) is 0 Å². The topological polar surface area (TPSA) is 0 Å². The van der Waals surface area contributed by atoms with Gasteiger partial charge >= 0.3 is 0 Å². The van der Waals surface area contributed by atoms with Crippen molar-refractivity contribution in [3.63, 3.8) is 0 Å². The summed E-state index contributed by atoms with van der Waals surface area (Å²) in [5, 5.41) is 0. The van der Waals surface area contributed by atoms with Gasteiger partial charge < -0.3 is 0 Å². The average Bonchev–Trinajstić information content (AvgIpc) is 1.33. The first-order valence-corrected chi connectivity index (χ1v) is 5.12. The fourth-order valence-electron chi connectivity index (χ4n) is 0. The molecule has 0 aliphatic carbocycles. The van der Waals surface area contributed by atoms with Crippen molar-refractivity contribution in [1.82, 2.24) is 0 Å². The minimum Gasteiger partial charge on any atom is -0.0867 e. The Morgan fingerprint density at radius 1 is 1.43 bits per heavy atom. The third-order valence-corrected chi connectivity index (χ3v) is 0. The molecule has 0 fully saturated rings. The molecule has 0 heterocycles. The smallest absolute Gasteiger partial charge is 0.00530 e. The molecule has 0 nitrogen and oxygen atoms in total. The summed E-state index contributed by atoms with van der Waals surface area (Å²) < 4.78 is 2.02. The van der Waals surface area contributed by atoms with Crippen LogP contribution >= 0.6 is 45.2 Å². The summed E-state index contributed by atoms with van der Waals surface area (Å²) in [6.45, 7) is 6.42. The maximum absolute atomic E-state index is 2.34. The van der Waals surface area contributed by atoms with E-state index in [0.717, 1.165) is 3.92 Å². The third kappa shape index (κ3) is 104. The van der Waals surface area contributed by atoms with Crippen LogP contribution in [0.3, 0.4) is 0 Å². The van der Waals surface area contributed by atoms with Gasteiger partial charge in [-0.25, -0.2) is 0 Å². The van der Waals surface area contributed by atoms with Crippen molar-refractivity contribution in [3.8, 4) is 0 Å². The first kappa shape index (κ1) is 11.3. The van der Waals surface area contributed by atoms with Crippen LogP contribution in [-0.4, -0.2) is 8.35 Å². The molecule has 0 atom stereocenters. The van der Waals surface area contributed by atoms with Crippen molar-refractivity contribution >= 4 is 45.2 Å². The van der Waals surface area contributed by atoms with Gasteiger partial charge in [0.2, 0.25) is 0 Å². The Balaban J connectivity index is 0. The molecule has 0 aromatic heterocycles. The maximum Gasteiger partial charge on any atom is 0.00530 e. The van der Waals surface area contributed by atoms with E-state index in [2.05, 4.69) is 66.0 Å². The largest absolute Gasteiger partial charge is 0.0867 e. The highest BCUT2D eigenvalue weighted by atomic mass is 127. The molecule has 0 aliphatic heterocycles. The maximum atomic E-state index is 2.34. The van der Waals surface area contributed by atoms with Gasteiger partial charge in [-0.1, -0.05) is 66.0 Å². The molecule has 0 saturated heterocycles. The Morgan fingerprint density at radius 2 is 1.43 bits per heavy atom. The summed E-state index contributed by atoms with van der Waals surface area (Å²) in [7, 11) is 0. The normalized spacial score (nSPS) is 7.71. The third-order valence-electron chi connectivity index (χ3n) is 0. The van der Waals surface area contributed by atoms with E-state index in [1.54, 1.807) is 0 Å². The molecule has 0 aromatic rings. The van der Waals surface area contributed by atoms with Crippen LogP contribution in [0.1, 0.15) is 20.8 Å². The van der Waals surface area contributed by atoms with Gasteiger partial charge in [0, 0.05) is 3.92 Å². The van der Waals surface area contributed by atoms with E-state index in [1.807, 2.05) is 0 Å². The van der Waals surface area contributed by atoms with Crippen LogP contribution in [0.5, 0.6) is 0 Å². The molecule has 0 N–H and O–H groups in total. The summed E-state index contributed by atoms with van der Waals surface area (Å²) in [6, 6.07) is 0. The average molecular weight is 326 g/mol. The van der Waals surface area contributed by atoms with E-state index in [9.17, 15) is 0 Å². The minimum atomic E-state index is 0.803. The highest BCUT2D eigenvalue weighted by Crippen LogP contribution is 1.91. The zero-order chi connectivity index (χ0) is 6.28. The molecule has 0 amide bonds. The summed E-state index contributed by atoms with van der Waals surface area (Å²) in [6.07, 6.45) is 0. The molecule has 0 saturated carbocycles. The Morgan fingerprint density at radius 3 is 1.43 bits per heavy atom. The van der Waals surface area contributed by atoms with Crippen LogP contribution in [0.15, 0.2) is 0 Å². The van der Waals surface area contributed by atoms with Gasteiger partial charge in [0.05, 0.1) is 0 Å². The van der Waals surface area contributed by atoms with E-state index in [1.165, 1.54) is 4.43 Å². The van der Waals surface area contributed by atoms with Gasteiger partial charge in [-0.3, -0.25) is 0 Å². The van der Waals surface area contributed by atoms with Crippen LogP contribution in [0, 0.1) is 0 Å². The number of rotatable bonds is 0. The molecule has 0 radical (unpaired) electrons. The molecule has 0 spiro atoms. The highest BCUT2D eigenvalue weighted by Gasteiger charge is 1.70. The zero-order valence-electron chi connectivity index (χ0n) is 5.04. The van der Waals surface area contributed by atoms with Crippen LogP contribution in [0.2, 0.25) is 0 Å². The lowest BCUT2D eigenvalue weighted by atomic mass is 10.6. The van der Waals surface area contributed by atoms with E-state index in [0.29, 0.717) is 0 Å². The predicted molar refractivity (Wildman–Crippen MR) is 53.7 cm³/mol. The molecule has 7 heavy (non-hydrogen) atoms. The number of alkyl halides is 2. The first-order chi connectivity index (χ1) is 3.15. The van der Waals surface area contributed by atoms with Gasteiger partial charge in [-0.05, 0) is 4.43 Å². The molecule has 0 rings (SSSR count). The standard InChI is InChI=1S/C3H7I.C2H5I/c1-3(2)4;1-2-3/h3H,1-2H3;2H2,1H3. The number of halogens is 2. The second kappa shape index (κ2) is 10.4. The van der Waals surface area contributed by atoms with Crippen LogP contribution in [0.4, 0.5) is 0 Å². The van der Waals surface area contributed by atoms with E-state index < -0.39 is 0 Å². The summed E-state index contributed by atoms with van der Waals surface area (Å²) >= 11 is 4.63. The summed E-state index contributed by atoms with van der Waals surface area (Å²) in [4.78, 5) is 0. The Kier molecular flexibility index (Phi) is 16.8. The molecular formula is C5H12I2. The zero-order valence-corrected chi connectivity index (χ0v) is 9.36. The van der Waals surface area contributed by atoms with Gasteiger partial charge in [-0.15, -0.1) is 0 Å². The summed E-state index contributed by atoms with van der Waals surface area (Å²) in [5.41, 5.74) is 0. The first-order valence-electron chi connectivity index (χ1n) is 2.35. The number of hydrogen-bond donors (Lipinski definition) is 0. The molecule has 0 bridgehead atoms. The molecular weight excluding hydrogens is 314 g/mol. The van der Waals surface area contributed by atoms with Crippen molar-refractivity contribution in [2.45, 2.75) is 24.7 Å². The Hall–Kier alpha value is 1.46. The van der Waals surface area contributed by atoms with Crippen molar-refractivity contribution in [2.75, 3.05) is 4.43 Å². The SMILES string of the molecule is CC(C)I.CCI. The number of hydrogen-bond acceptors (Lipinski definition) is 0. The lowest BCUT2D eigenvalue weighted by Crippen LogP contribution is -1.69. The van der Waals surface area contributed by atoms with Crippen molar-refractivity contribution in [3.05, 3.63) is 0 Å². The van der Waals surface area contributed by atoms with E-state index in [-0.39, 0.29) is 0 Å². The second-order valence-corrected chi connectivity index (χ2v) is 5.30. The molecule has 0 unspecified atom stereocenters. The lowest BCUT2D eigenvalue weighted by Gasteiger charge is -1.76. The van der Waals surface area contributed by atoms with Gasteiger partial charge in [0.1, 0.15) is 0 Å². The van der Waals surface area contributed by atoms with E-state index >= 15 is 0 Å². The second-order valence-electron chi connectivity index (χ2n) is 1.28. The molecule has 0 aliphatic rings. The van der Waals surface area contributed by atoms with Gasteiger partial charge in [0.25, 0.3) is 0 Å². The minimum absolute atomic E-state index is 0.803. The highest BCUT2D eigenvalue weighted by molar-refractivity contribution is 14.1. The Labute approximate surface area is 73.7 Å². The van der Waals surface area contributed by atoms with Crippen molar-refractivity contribution < 1.29 is 0 Å². The van der Waals surface area contributed by atoms with Crippen LogP contribution in [-0.2, 0) is 0 Å². The van der Waals surface area contributed by atoms with Crippen LogP contribution < -0.4 is 0 Å². The fraction of sp³-hybridized carbons (Fsp3) is 1.00. The van der Waals surface area contributed by atoms with E-state index in [4.69, 9.17) is 0 Å². The predicted octanol–water partition coefficient (Wildman–Crippen LogP) is 3.27. The quantitative estimate of drug-likeness (QED) is 0.473. The molecule has 2 heteroatoms. The lowest BCUT2D eigenvalue weighted by molar-refractivity contribution is 1.16. The fourth-order valence-corrected chi connectivity index (χ4v) is 0. The van der Waals surface area contributed by atoms with Gasteiger partial charge in [0.15, 0.2) is 0 Å². The molecule has 0 aromatic carbocycles. The van der Waals surface area contributed by atoms with Crippen molar-refractivity contribution in [1.29, 1.82) is 0 Å². The van der Waals surface area contributed by atoms with Crippen LogP contribution in [0.25, 0.3) is 0 Å². The Bertz CT molecular complexity index is 17.3.